The predicted molar refractivity (Wildman–Crippen MR) is 64.3 cm³/mol. The molecule has 7 heteroatoms. The van der Waals surface area contributed by atoms with E-state index in [4.69, 9.17) is 0 Å². The highest BCUT2D eigenvalue weighted by molar-refractivity contribution is 7.88. The summed E-state index contributed by atoms with van der Waals surface area (Å²) in [5, 5.41) is 0. The molecule has 0 aromatic heterocycles. The van der Waals surface area contributed by atoms with Gasteiger partial charge < -0.3 is 9.29 Å². The van der Waals surface area contributed by atoms with Crippen LogP contribution in [-0.4, -0.2) is 23.3 Å². The number of carbonyl (C=O) groups excluding carboxylic acids is 1. The Labute approximate surface area is 106 Å². The molecule has 1 aliphatic rings. The molecule has 0 spiro atoms. The maximum absolute atomic E-state index is 12.8. The number of carbonyl (C=O) groups is 1. The number of halogens is 1. The molecule has 0 saturated heterocycles. The largest absolute Gasteiger partial charge is 0.567 e. The second kappa shape index (κ2) is 5.19. The topological polar surface area (TPSA) is 73.8 Å². The van der Waals surface area contributed by atoms with Crippen molar-refractivity contribution in [1.29, 1.82) is 0 Å². The minimum Gasteiger partial charge on any atom is -0.567 e. The molecule has 0 amide bonds. The first-order valence-corrected chi connectivity index (χ1v) is 6.04. The standard InChI is InChI=1S/C11H9FN2O3S/c1-17-11(15)10-6-9(13-18(16)14-10)7-2-4-8(12)5-3-7/h2-6,14H,1H3. The Balaban J connectivity index is 2.34. The quantitative estimate of drug-likeness (QED) is 0.637. The van der Waals surface area contributed by atoms with Crippen LogP contribution in [-0.2, 0) is 21.1 Å². The lowest BCUT2D eigenvalue weighted by molar-refractivity contribution is -0.136. The van der Waals surface area contributed by atoms with Crippen LogP contribution in [0.2, 0.25) is 0 Å². The van der Waals surface area contributed by atoms with E-state index in [2.05, 4.69) is 13.9 Å². The second-order valence-electron chi connectivity index (χ2n) is 3.38. The zero-order valence-corrected chi connectivity index (χ0v) is 10.2. The molecule has 1 aromatic carbocycles. The Hall–Kier alpha value is -1.86. The molecule has 94 valence electrons. The molecule has 0 radical (unpaired) electrons. The van der Waals surface area contributed by atoms with E-state index in [1.54, 1.807) is 0 Å². The first kappa shape index (κ1) is 12.6. The molecule has 1 heterocycles. The maximum Gasteiger partial charge on any atom is 0.358 e. The zero-order chi connectivity index (χ0) is 13.1. The molecule has 2 rings (SSSR count). The van der Waals surface area contributed by atoms with Gasteiger partial charge >= 0.3 is 5.97 Å². The Morgan fingerprint density at radius 1 is 1.44 bits per heavy atom. The van der Waals surface area contributed by atoms with Gasteiger partial charge in [0, 0.05) is 11.6 Å². The first-order chi connectivity index (χ1) is 8.60. The Morgan fingerprint density at radius 2 is 2.11 bits per heavy atom. The van der Waals surface area contributed by atoms with Gasteiger partial charge in [-0.2, -0.15) is 4.72 Å². The van der Waals surface area contributed by atoms with Crippen LogP contribution in [0.3, 0.4) is 0 Å². The van der Waals surface area contributed by atoms with E-state index < -0.39 is 17.5 Å². The van der Waals surface area contributed by atoms with Gasteiger partial charge in [0.15, 0.2) is 5.70 Å². The highest BCUT2D eigenvalue weighted by Gasteiger charge is 2.24. The van der Waals surface area contributed by atoms with E-state index >= 15 is 0 Å². The van der Waals surface area contributed by atoms with Crippen LogP contribution >= 0.6 is 0 Å². The van der Waals surface area contributed by atoms with Gasteiger partial charge in [-0.3, -0.25) is 0 Å². The number of nitrogens with one attached hydrogen (secondary N) is 1. The number of allylic oxidation sites excluding steroid dienone is 1. The number of nitrogens with zero attached hydrogens (tertiary/aromatic N) is 1. The molecule has 18 heavy (non-hydrogen) atoms. The number of hydrogen-bond acceptors (Lipinski definition) is 5. The smallest absolute Gasteiger partial charge is 0.358 e. The molecule has 0 fully saturated rings. The highest BCUT2D eigenvalue weighted by Crippen LogP contribution is 2.13. The van der Waals surface area contributed by atoms with Crippen LogP contribution in [0.1, 0.15) is 5.56 Å². The summed E-state index contributed by atoms with van der Waals surface area (Å²) in [6.07, 6.45) is 1.40. The predicted octanol–water partition coefficient (Wildman–Crippen LogP) is 0.854. The fourth-order valence-corrected chi connectivity index (χ4v) is 2.08. The fourth-order valence-electron chi connectivity index (χ4n) is 1.37. The number of methoxy groups -OCH3 is 1. The monoisotopic (exact) mass is 268 g/mol. The van der Waals surface area contributed by atoms with Gasteiger partial charge in [0.25, 0.3) is 0 Å². The van der Waals surface area contributed by atoms with Crippen molar-refractivity contribution in [3.8, 4) is 0 Å². The van der Waals surface area contributed by atoms with Crippen LogP contribution in [0, 0.1) is 5.82 Å². The highest BCUT2D eigenvalue weighted by atomic mass is 32.2. The fraction of sp³-hybridized carbons (Fsp3) is 0.0909. The summed E-state index contributed by atoms with van der Waals surface area (Å²) in [6.45, 7) is 0. The Bertz CT molecular complexity index is 528. The van der Waals surface area contributed by atoms with Gasteiger partial charge in [-0.05, 0) is 28.7 Å². The van der Waals surface area contributed by atoms with Crippen molar-refractivity contribution in [3.05, 3.63) is 47.4 Å². The number of benzene rings is 1. The van der Waals surface area contributed by atoms with Crippen LogP contribution < -0.4 is 4.72 Å². The molecule has 1 aromatic rings. The summed E-state index contributed by atoms with van der Waals surface area (Å²) in [5.74, 6) is -1.02. The Morgan fingerprint density at radius 3 is 2.72 bits per heavy atom. The summed E-state index contributed by atoms with van der Waals surface area (Å²) in [7, 11) is 1.22. The maximum atomic E-state index is 12.8. The van der Waals surface area contributed by atoms with Crippen LogP contribution in [0.4, 0.5) is 4.39 Å². The molecule has 0 saturated carbocycles. The van der Waals surface area contributed by atoms with Crippen molar-refractivity contribution in [2.75, 3.05) is 7.11 Å². The molecule has 1 unspecified atom stereocenters. The third kappa shape index (κ3) is 2.69. The lowest BCUT2D eigenvalue weighted by Gasteiger charge is -2.13. The van der Waals surface area contributed by atoms with Gasteiger partial charge in [0.05, 0.1) is 7.11 Å². The second-order valence-corrected chi connectivity index (χ2v) is 4.27. The van der Waals surface area contributed by atoms with Crippen molar-refractivity contribution in [1.82, 2.24) is 4.72 Å². The lowest BCUT2D eigenvalue weighted by atomic mass is 10.1. The molecule has 5 nitrogen and oxygen atoms in total. The molecule has 1 atom stereocenters. The van der Waals surface area contributed by atoms with Crippen molar-refractivity contribution in [2.24, 2.45) is 4.40 Å². The van der Waals surface area contributed by atoms with E-state index in [-0.39, 0.29) is 11.5 Å². The molecule has 0 aliphatic carbocycles. The lowest BCUT2D eigenvalue weighted by Crippen LogP contribution is -2.31. The van der Waals surface area contributed by atoms with Crippen LogP contribution in [0.5, 0.6) is 0 Å². The van der Waals surface area contributed by atoms with Crippen molar-refractivity contribution in [2.45, 2.75) is 0 Å². The Kier molecular flexibility index (Phi) is 3.63. The van der Waals surface area contributed by atoms with E-state index in [0.29, 0.717) is 11.3 Å². The van der Waals surface area contributed by atoms with Crippen molar-refractivity contribution >= 4 is 23.2 Å². The zero-order valence-electron chi connectivity index (χ0n) is 9.34. The minimum atomic E-state index is -1.75. The number of ether oxygens (including phenoxy) is 1. The van der Waals surface area contributed by atoms with Crippen molar-refractivity contribution < 1.29 is 18.5 Å². The van der Waals surface area contributed by atoms with Gasteiger partial charge in [-0.25, -0.2) is 9.18 Å². The number of esters is 1. The summed E-state index contributed by atoms with van der Waals surface area (Å²) < 4.78 is 34.9. The summed E-state index contributed by atoms with van der Waals surface area (Å²) in [4.78, 5) is 11.3. The first-order valence-electron chi connectivity index (χ1n) is 4.93. The summed E-state index contributed by atoms with van der Waals surface area (Å²) in [6, 6.07) is 5.49. The van der Waals surface area contributed by atoms with E-state index in [0.717, 1.165) is 0 Å². The number of rotatable bonds is 2. The number of hydrogen-bond donors (Lipinski definition) is 1. The minimum absolute atomic E-state index is 0.0464. The SMILES string of the molecule is COC(=O)C1=CC(c2ccc(F)cc2)=N[S+]([O-])N1. The van der Waals surface area contributed by atoms with Gasteiger partial charge in [-0.1, -0.05) is 0 Å². The molecular formula is C11H9FN2O3S. The van der Waals surface area contributed by atoms with Gasteiger partial charge in [0.2, 0.25) is 11.5 Å². The molecular weight excluding hydrogens is 259 g/mol. The third-order valence-corrected chi connectivity index (χ3v) is 2.96. The third-order valence-electron chi connectivity index (χ3n) is 2.20. The molecule has 0 bridgehead atoms. The van der Waals surface area contributed by atoms with Crippen molar-refractivity contribution in [3.63, 3.8) is 0 Å². The average molecular weight is 268 g/mol. The van der Waals surface area contributed by atoms with E-state index in [1.807, 2.05) is 0 Å². The molecule has 1 aliphatic heterocycles. The van der Waals surface area contributed by atoms with Gasteiger partial charge in [0.1, 0.15) is 11.5 Å². The summed E-state index contributed by atoms with van der Waals surface area (Å²) >= 11 is -1.75. The van der Waals surface area contributed by atoms with E-state index in [1.165, 1.54) is 37.5 Å². The van der Waals surface area contributed by atoms with Crippen LogP contribution in [0.15, 0.2) is 40.4 Å². The average Bonchev–Trinajstić information content (AvgIpc) is 2.38. The van der Waals surface area contributed by atoms with E-state index in [9.17, 15) is 13.7 Å². The summed E-state index contributed by atoms with van der Waals surface area (Å²) in [5.41, 5.74) is 0.935. The molecule has 1 N–H and O–H groups in total. The van der Waals surface area contributed by atoms with Crippen LogP contribution in [0.25, 0.3) is 0 Å². The van der Waals surface area contributed by atoms with Gasteiger partial charge in [-0.15, -0.1) is 0 Å². The normalized spacial score (nSPS) is 18.5.